The van der Waals surface area contributed by atoms with E-state index in [-0.39, 0.29) is 10.8 Å². The molecule has 33 heavy (non-hydrogen) atoms. The monoisotopic (exact) mass is 470 g/mol. The number of imidazole rings is 1. The number of nitrogens with zero attached hydrogens (tertiary/aromatic N) is 3. The maximum absolute atomic E-state index is 12.9. The topological polar surface area (TPSA) is 84.3 Å². The third-order valence-electron chi connectivity index (χ3n) is 5.81. The standard InChI is InChI=1S/C25H34N4O3S/c1-5-17-29-23-14-13-21(33(31,32)28(7-3)8-4)18-22(23)27-24(29)15-16-25(30)26-20-11-9-19(6-2)10-12-20/h9-14,18H,5-8,15-17H2,1-4H3,(H,26,30). The van der Waals surface area contributed by atoms with E-state index in [0.717, 1.165) is 36.4 Å². The fraction of sp³-hybridized carbons (Fsp3) is 0.440. The van der Waals surface area contributed by atoms with Gasteiger partial charge in [-0.1, -0.05) is 39.8 Å². The summed E-state index contributed by atoms with van der Waals surface area (Å²) in [5.74, 6) is 0.722. The van der Waals surface area contributed by atoms with E-state index in [1.54, 1.807) is 12.1 Å². The molecule has 0 aliphatic carbocycles. The van der Waals surface area contributed by atoms with Crippen molar-refractivity contribution in [3.8, 4) is 0 Å². The Bertz CT molecular complexity index is 1200. The third kappa shape index (κ3) is 5.62. The van der Waals surface area contributed by atoms with Crippen molar-refractivity contribution >= 4 is 32.7 Å². The second-order valence-electron chi connectivity index (χ2n) is 8.02. The molecule has 2 aromatic carbocycles. The van der Waals surface area contributed by atoms with Crippen molar-refractivity contribution in [1.82, 2.24) is 13.9 Å². The first-order valence-corrected chi connectivity index (χ1v) is 13.2. The van der Waals surface area contributed by atoms with Crippen LogP contribution in [0.25, 0.3) is 11.0 Å². The fourth-order valence-electron chi connectivity index (χ4n) is 3.97. The zero-order chi connectivity index (χ0) is 24.0. The Morgan fingerprint density at radius 3 is 2.33 bits per heavy atom. The molecule has 0 atom stereocenters. The maximum Gasteiger partial charge on any atom is 0.243 e. The molecule has 1 amide bonds. The zero-order valence-corrected chi connectivity index (χ0v) is 20.8. The van der Waals surface area contributed by atoms with Gasteiger partial charge in [-0.25, -0.2) is 13.4 Å². The number of benzene rings is 2. The summed E-state index contributed by atoms with van der Waals surface area (Å²) in [6.07, 6.45) is 2.65. The summed E-state index contributed by atoms with van der Waals surface area (Å²) in [6, 6.07) is 13.0. The smallest absolute Gasteiger partial charge is 0.243 e. The van der Waals surface area contributed by atoms with Crippen molar-refractivity contribution in [3.63, 3.8) is 0 Å². The van der Waals surface area contributed by atoms with Crippen LogP contribution in [0, 0.1) is 0 Å². The second kappa shape index (κ2) is 10.9. The summed E-state index contributed by atoms with van der Waals surface area (Å²) >= 11 is 0. The summed E-state index contributed by atoms with van der Waals surface area (Å²) < 4.78 is 29.4. The molecule has 0 unspecified atom stereocenters. The van der Waals surface area contributed by atoms with Crippen LogP contribution in [-0.4, -0.2) is 41.3 Å². The number of rotatable bonds is 11. The van der Waals surface area contributed by atoms with Crippen LogP contribution < -0.4 is 5.32 Å². The van der Waals surface area contributed by atoms with Crippen molar-refractivity contribution < 1.29 is 13.2 Å². The SMILES string of the molecule is CCCn1c(CCC(=O)Nc2ccc(CC)cc2)nc2cc(S(=O)(=O)N(CC)CC)ccc21. The van der Waals surface area contributed by atoms with Crippen LogP contribution >= 0.6 is 0 Å². The Labute approximate surface area is 196 Å². The molecule has 3 aromatic rings. The Morgan fingerprint density at radius 2 is 1.73 bits per heavy atom. The molecule has 0 fully saturated rings. The van der Waals surface area contributed by atoms with E-state index in [0.29, 0.717) is 31.4 Å². The normalized spacial score (nSPS) is 11.9. The van der Waals surface area contributed by atoms with Crippen LogP contribution in [0.1, 0.15) is 51.9 Å². The highest BCUT2D eigenvalue weighted by Crippen LogP contribution is 2.24. The number of nitrogens with one attached hydrogen (secondary N) is 1. The molecular weight excluding hydrogens is 436 g/mol. The van der Waals surface area contributed by atoms with Gasteiger partial charge in [-0.05, 0) is 48.7 Å². The molecule has 0 aliphatic heterocycles. The molecule has 1 aromatic heterocycles. The number of anilines is 1. The highest BCUT2D eigenvalue weighted by Gasteiger charge is 2.23. The molecule has 0 radical (unpaired) electrons. The van der Waals surface area contributed by atoms with E-state index in [9.17, 15) is 13.2 Å². The first kappa shape index (κ1) is 24.9. The zero-order valence-electron chi connectivity index (χ0n) is 20.0. The minimum atomic E-state index is -3.55. The molecule has 7 nitrogen and oxygen atoms in total. The lowest BCUT2D eigenvalue weighted by molar-refractivity contribution is -0.116. The number of sulfonamides is 1. The number of carbonyl (C=O) groups excluding carboxylic acids is 1. The number of aromatic nitrogens is 2. The Kier molecular flexibility index (Phi) is 8.26. The van der Waals surface area contributed by atoms with Gasteiger partial charge in [-0.3, -0.25) is 4.79 Å². The summed E-state index contributed by atoms with van der Waals surface area (Å²) in [6.45, 7) is 9.44. The van der Waals surface area contributed by atoms with Gasteiger partial charge in [0.25, 0.3) is 0 Å². The minimum absolute atomic E-state index is 0.0702. The number of fused-ring (bicyclic) bond motifs is 1. The van der Waals surface area contributed by atoms with Crippen LogP contribution in [0.2, 0.25) is 0 Å². The molecule has 1 heterocycles. The Morgan fingerprint density at radius 1 is 1.03 bits per heavy atom. The van der Waals surface area contributed by atoms with Gasteiger partial charge in [0, 0.05) is 38.2 Å². The number of hydrogen-bond donors (Lipinski definition) is 1. The largest absolute Gasteiger partial charge is 0.328 e. The summed E-state index contributed by atoms with van der Waals surface area (Å²) in [5, 5.41) is 2.94. The van der Waals surface area contributed by atoms with Crippen molar-refractivity contribution in [2.45, 2.75) is 64.8 Å². The van der Waals surface area contributed by atoms with Crippen molar-refractivity contribution in [2.24, 2.45) is 0 Å². The van der Waals surface area contributed by atoms with Gasteiger partial charge in [-0.2, -0.15) is 4.31 Å². The Hall–Kier alpha value is -2.71. The summed E-state index contributed by atoms with van der Waals surface area (Å²) in [7, 11) is -3.55. The van der Waals surface area contributed by atoms with Gasteiger partial charge in [0.15, 0.2) is 0 Å². The average Bonchev–Trinajstić information content (AvgIpc) is 3.16. The summed E-state index contributed by atoms with van der Waals surface area (Å²) in [4.78, 5) is 17.5. The lowest BCUT2D eigenvalue weighted by Crippen LogP contribution is -2.30. The molecule has 1 N–H and O–H groups in total. The van der Waals surface area contributed by atoms with Gasteiger partial charge >= 0.3 is 0 Å². The van der Waals surface area contributed by atoms with Gasteiger partial charge in [0.1, 0.15) is 5.82 Å². The first-order chi connectivity index (χ1) is 15.8. The number of aryl methyl sites for hydroxylation is 3. The van der Waals surface area contributed by atoms with Gasteiger partial charge in [0.05, 0.1) is 15.9 Å². The maximum atomic E-state index is 12.9. The van der Waals surface area contributed by atoms with Crippen molar-refractivity contribution in [1.29, 1.82) is 0 Å². The number of carbonyl (C=O) groups is 1. The van der Waals surface area contributed by atoms with Crippen LogP contribution in [0.15, 0.2) is 47.4 Å². The third-order valence-corrected chi connectivity index (χ3v) is 7.86. The molecule has 0 saturated carbocycles. The lowest BCUT2D eigenvalue weighted by Gasteiger charge is -2.18. The quantitative estimate of drug-likeness (QED) is 0.443. The van der Waals surface area contributed by atoms with Gasteiger partial charge in [0.2, 0.25) is 15.9 Å². The van der Waals surface area contributed by atoms with E-state index in [1.807, 2.05) is 44.2 Å². The number of amides is 1. The van der Waals surface area contributed by atoms with Crippen LogP contribution in [0.5, 0.6) is 0 Å². The van der Waals surface area contributed by atoms with E-state index in [2.05, 4.69) is 23.7 Å². The number of hydrogen-bond acceptors (Lipinski definition) is 4. The van der Waals surface area contributed by atoms with E-state index in [4.69, 9.17) is 4.98 Å². The lowest BCUT2D eigenvalue weighted by atomic mass is 10.1. The van der Waals surface area contributed by atoms with E-state index in [1.165, 1.54) is 9.87 Å². The minimum Gasteiger partial charge on any atom is -0.328 e. The second-order valence-corrected chi connectivity index (χ2v) is 9.96. The Balaban J connectivity index is 1.81. The molecule has 178 valence electrons. The van der Waals surface area contributed by atoms with Crippen LogP contribution in [0.4, 0.5) is 5.69 Å². The molecule has 0 saturated heterocycles. The molecule has 3 rings (SSSR count). The predicted octanol–water partition coefficient (Wildman–Crippen LogP) is 4.61. The van der Waals surface area contributed by atoms with Gasteiger partial charge in [-0.15, -0.1) is 0 Å². The summed E-state index contributed by atoms with van der Waals surface area (Å²) in [5.41, 5.74) is 3.54. The predicted molar refractivity (Wildman–Crippen MR) is 133 cm³/mol. The fourth-order valence-corrected chi connectivity index (χ4v) is 5.45. The van der Waals surface area contributed by atoms with Gasteiger partial charge < -0.3 is 9.88 Å². The van der Waals surface area contributed by atoms with Crippen LogP contribution in [0.3, 0.4) is 0 Å². The highest BCUT2D eigenvalue weighted by atomic mass is 32.2. The molecule has 0 spiro atoms. The highest BCUT2D eigenvalue weighted by molar-refractivity contribution is 7.89. The first-order valence-electron chi connectivity index (χ1n) is 11.7. The van der Waals surface area contributed by atoms with E-state index < -0.39 is 10.0 Å². The van der Waals surface area contributed by atoms with Crippen molar-refractivity contribution in [2.75, 3.05) is 18.4 Å². The van der Waals surface area contributed by atoms with Crippen LogP contribution in [-0.2, 0) is 34.2 Å². The molecule has 0 bridgehead atoms. The molecule has 8 heteroatoms. The average molecular weight is 471 g/mol. The molecular formula is C25H34N4O3S. The van der Waals surface area contributed by atoms with E-state index >= 15 is 0 Å². The van der Waals surface area contributed by atoms with Crippen molar-refractivity contribution in [3.05, 3.63) is 53.9 Å². The molecule has 0 aliphatic rings.